The fraction of sp³-hybridized carbons (Fsp3) is 0.0909. The zero-order valence-electron chi connectivity index (χ0n) is 24.2. The number of hydrogen-bond donors (Lipinski definition) is 2. The molecule has 0 saturated carbocycles. The van der Waals surface area contributed by atoms with Gasteiger partial charge in [0.1, 0.15) is 0 Å². The number of aromatic nitrogens is 6. The van der Waals surface area contributed by atoms with Crippen LogP contribution in [0.1, 0.15) is 34.0 Å². The van der Waals surface area contributed by atoms with E-state index in [1.165, 1.54) is 32.0 Å². The Balaban J connectivity index is 1.35. The first kappa shape index (κ1) is 30.6. The van der Waals surface area contributed by atoms with E-state index >= 15 is 0 Å². The highest BCUT2D eigenvalue weighted by atomic mass is 79.9. The van der Waals surface area contributed by atoms with Crippen molar-refractivity contribution in [3.63, 3.8) is 0 Å². The molecular weight excluding hydrogens is 727 g/mol. The van der Waals surface area contributed by atoms with E-state index in [9.17, 15) is 10.2 Å². The molecule has 0 aliphatic carbocycles. The molecule has 2 N–H and O–H groups in total. The molecule has 7 rings (SSSR count). The van der Waals surface area contributed by atoms with E-state index in [1.807, 2.05) is 97.4 Å². The van der Waals surface area contributed by atoms with E-state index in [2.05, 4.69) is 15.9 Å². The van der Waals surface area contributed by atoms with Crippen molar-refractivity contribution in [2.45, 2.75) is 19.8 Å². The Labute approximate surface area is 290 Å². The summed E-state index contributed by atoms with van der Waals surface area (Å²) in [6.07, 6.45) is 0. The Hall–Kier alpha value is -4.00. The van der Waals surface area contributed by atoms with Crippen LogP contribution in [0.25, 0.3) is 32.8 Å². The molecule has 0 fully saturated rings. The third-order valence-electron chi connectivity index (χ3n) is 7.59. The van der Waals surface area contributed by atoms with Crippen molar-refractivity contribution in [2.24, 2.45) is 0 Å². The fourth-order valence-electron chi connectivity index (χ4n) is 5.44. The smallest absolute Gasteiger partial charge is 0.220 e. The van der Waals surface area contributed by atoms with Crippen molar-refractivity contribution < 1.29 is 10.2 Å². The highest BCUT2D eigenvalue weighted by Crippen LogP contribution is 2.45. The monoisotopic (exact) mass is 748 g/mol. The maximum Gasteiger partial charge on any atom is 0.220 e. The summed E-state index contributed by atoms with van der Waals surface area (Å²) in [6.45, 7) is 3.65. The first-order valence-corrected chi connectivity index (χ1v) is 17.3. The van der Waals surface area contributed by atoms with E-state index in [0.29, 0.717) is 54.2 Å². The molecule has 13 heteroatoms. The van der Waals surface area contributed by atoms with Crippen LogP contribution >= 0.6 is 61.8 Å². The Morgan fingerprint density at radius 3 is 1.54 bits per heavy atom. The standard InChI is InChI=1S/C33H23BrCl2N6O2S2/c1-17-27(30(43)41(39-17)32-37-25(15-45-32)21-7-3-5-9-23(21)35)29(19-11-13-20(34)14-12-19)28-18(2)40-42(31(28)44)33-38-26(16-46-33)22-8-4-6-10-24(22)36/h3-16,29,43-44H,1-2H3. The first-order valence-electron chi connectivity index (χ1n) is 13.9. The molecule has 4 heterocycles. The van der Waals surface area contributed by atoms with Gasteiger partial charge in [0.15, 0.2) is 0 Å². The summed E-state index contributed by atoms with van der Waals surface area (Å²) in [5, 5.41) is 38.9. The summed E-state index contributed by atoms with van der Waals surface area (Å²) in [4.78, 5) is 9.48. The van der Waals surface area contributed by atoms with Crippen LogP contribution < -0.4 is 0 Å². The van der Waals surface area contributed by atoms with Gasteiger partial charge < -0.3 is 10.2 Å². The van der Waals surface area contributed by atoms with Gasteiger partial charge in [-0.05, 0) is 43.7 Å². The van der Waals surface area contributed by atoms with Gasteiger partial charge in [-0.2, -0.15) is 19.6 Å². The molecule has 8 nitrogen and oxygen atoms in total. The zero-order chi connectivity index (χ0) is 32.1. The highest BCUT2D eigenvalue weighted by Gasteiger charge is 2.34. The largest absolute Gasteiger partial charge is 0.493 e. The van der Waals surface area contributed by atoms with Crippen LogP contribution in [0.2, 0.25) is 10.0 Å². The second-order valence-corrected chi connectivity index (χ2v) is 13.8. The van der Waals surface area contributed by atoms with Crippen LogP contribution in [0.15, 0.2) is 88.0 Å². The molecule has 0 unspecified atom stereocenters. The molecule has 3 aromatic carbocycles. The molecular formula is C33H23BrCl2N6O2S2. The fourth-order valence-corrected chi connectivity index (χ4v) is 7.72. The van der Waals surface area contributed by atoms with Crippen LogP contribution in [0.4, 0.5) is 0 Å². The van der Waals surface area contributed by atoms with Crippen molar-refractivity contribution in [1.82, 2.24) is 29.5 Å². The van der Waals surface area contributed by atoms with E-state index in [1.54, 1.807) is 0 Å². The van der Waals surface area contributed by atoms with Gasteiger partial charge in [-0.25, -0.2) is 9.97 Å². The highest BCUT2D eigenvalue weighted by molar-refractivity contribution is 9.10. The molecule has 0 aliphatic heterocycles. The minimum atomic E-state index is -0.624. The zero-order valence-corrected chi connectivity index (χ0v) is 28.9. The number of benzene rings is 3. The summed E-state index contributed by atoms with van der Waals surface area (Å²) < 4.78 is 3.75. The molecule has 0 radical (unpaired) electrons. The topological polar surface area (TPSA) is 102 Å². The van der Waals surface area contributed by atoms with Gasteiger partial charge >= 0.3 is 0 Å². The molecule has 0 atom stereocenters. The van der Waals surface area contributed by atoms with Gasteiger partial charge in [0.2, 0.25) is 22.0 Å². The van der Waals surface area contributed by atoms with Crippen LogP contribution in [-0.4, -0.2) is 39.7 Å². The average molecular weight is 751 g/mol. The molecule has 46 heavy (non-hydrogen) atoms. The number of thiazole rings is 2. The predicted octanol–water partition coefficient (Wildman–Crippen LogP) is 9.58. The Kier molecular flexibility index (Phi) is 8.20. The third kappa shape index (κ3) is 5.41. The van der Waals surface area contributed by atoms with E-state index in [0.717, 1.165) is 21.2 Å². The van der Waals surface area contributed by atoms with Gasteiger partial charge in [0.05, 0.1) is 22.8 Å². The number of nitrogens with zero attached hydrogens (tertiary/aromatic N) is 6. The third-order valence-corrected chi connectivity index (χ3v) is 10.4. The lowest BCUT2D eigenvalue weighted by molar-refractivity contribution is 0.420. The Morgan fingerprint density at radius 2 is 1.11 bits per heavy atom. The summed E-state index contributed by atoms with van der Waals surface area (Å²) >= 11 is 19.1. The lowest BCUT2D eigenvalue weighted by atomic mass is 9.85. The first-order chi connectivity index (χ1) is 22.2. The second-order valence-electron chi connectivity index (χ2n) is 10.4. The predicted molar refractivity (Wildman–Crippen MR) is 187 cm³/mol. The van der Waals surface area contributed by atoms with Gasteiger partial charge in [0, 0.05) is 53.4 Å². The normalized spacial score (nSPS) is 11.5. The molecule has 0 aliphatic rings. The number of hydrogen-bond acceptors (Lipinski definition) is 8. The molecule has 0 bridgehead atoms. The van der Waals surface area contributed by atoms with Gasteiger partial charge in [-0.1, -0.05) is 87.7 Å². The van der Waals surface area contributed by atoms with E-state index in [4.69, 9.17) is 43.4 Å². The lowest BCUT2D eigenvalue weighted by Crippen LogP contribution is -2.06. The molecule has 0 amide bonds. The summed E-state index contributed by atoms with van der Waals surface area (Å²) in [7, 11) is 0. The van der Waals surface area contributed by atoms with Crippen molar-refractivity contribution in [1.29, 1.82) is 0 Å². The Bertz CT molecular complexity index is 2090. The second kappa shape index (κ2) is 12.3. The number of halogens is 3. The molecule has 4 aromatic heterocycles. The average Bonchev–Trinajstić information content (AvgIpc) is 3.83. The van der Waals surface area contributed by atoms with Crippen molar-refractivity contribution in [3.05, 3.63) is 126 Å². The van der Waals surface area contributed by atoms with Gasteiger partial charge in [0.25, 0.3) is 0 Å². The van der Waals surface area contributed by atoms with E-state index in [-0.39, 0.29) is 11.8 Å². The van der Waals surface area contributed by atoms with Crippen LogP contribution in [0.5, 0.6) is 11.8 Å². The number of aromatic hydroxyl groups is 2. The van der Waals surface area contributed by atoms with Gasteiger partial charge in [-0.15, -0.1) is 22.7 Å². The van der Waals surface area contributed by atoms with Crippen LogP contribution in [0, 0.1) is 13.8 Å². The van der Waals surface area contributed by atoms with Gasteiger partial charge in [-0.3, -0.25) is 0 Å². The lowest BCUT2D eigenvalue weighted by Gasteiger charge is -2.18. The minimum absolute atomic E-state index is 0.0905. The minimum Gasteiger partial charge on any atom is -0.493 e. The Morgan fingerprint density at radius 1 is 0.674 bits per heavy atom. The SMILES string of the molecule is Cc1nn(-c2nc(-c3ccccc3Cl)cs2)c(O)c1C(c1ccc(Br)cc1)c1c(C)nn(-c2nc(-c3ccccc3Cl)cs2)c1O. The molecule has 0 spiro atoms. The summed E-state index contributed by atoms with van der Waals surface area (Å²) in [5.74, 6) is -0.804. The van der Waals surface area contributed by atoms with Crippen molar-refractivity contribution >= 4 is 61.8 Å². The van der Waals surface area contributed by atoms with Crippen molar-refractivity contribution in [3.8, 4) is 44.5 Å². The number of rotatable bonds is 7. The maximum absolute atomic E-state index is 11.8. The van der Waals surface area contributed by atoms with Crippen LogP contribution in [-0.2, 0) is 0 Å². The summed E-state index contributed by atoms with van der Waals surface area (Å²) in [5.41, 5.74) is 5.94. The van der Waals surface area contributed by atoms with Crippen LogP contribution in [0.3, 0.4) is 0 Å². The number of aryl methyl sites for hydroxylation is 2. The maximum atomic E-state index is 11.8. The molecule has 7 aromatic rings. The van der Waals surface area contributed by atoms with E-state index < -0.39 is 5.92 Å². The van der Waals surface area contributed by atoms with Crippen molar-refractivity contribution in [2.75, 3.05) is 0 Å². The quantitative estimate of drug-likeness (QED) is 0.168. The molecule has 230 valence electrons. The summed E-state index contributed by atoms with van der Waals surface area (Å²) in [6, 6.07) is 22.7. The molecule has 0 saturated heterocycles.